The molecule has 1 aliphatic heterocycles. The van der Waals surface area contributed by atoms with Crippen LogP contribution in [0, 0.1) is 6.92 Å². The van der Waals surface area contributed by atoms with Gasteiger partial charge in [0.25, 0.3) is 5.91 Å². The summed E-state index contributed by atoms with van der Waals surface area (Å²) >= 11 is 1.41. The van der Waals surface area contributed by atoms with Gasteiger partial charge in [0.05, 0.1) is 5.56 Å². The van der Waals surface area contributed by atoms with Crippen molar-refractivity contribution in [1.29, 1.82) is 0 Å². The van der Waals surface area contributed by atoms with Crippen molar-refractivity contribution in [3.63, 3.8) is 0 Å². The molecule has 0 spiro atoms. The molecule has 9 heteroatoms. The topological polar surface area (TPSA) is 96.8 Å². The molecule has 3 aromatic heterocycles. The number of hydrogen-bond acceptors (Lipinski definition) is 8. The van der Waals surface area contributed by atoms with Crippen molar-refractivity contribution < 1.29 is 4.79 Å². The molecule has 8 nitrogen and oxygen atoms in total. The number of carbonyl (C=O) groups excluding carboxylic acids is 1. The van der Waals surface area contributed by atoms with Crippen LogP contribution in [0.15, 0.2) is 36.1 Å². The summed E-state index contributed by atoms with van der Waals surface area (Å²) in [6.07, 6.45) is 5.16. The Morgan fingerprint density at radius 1 is 1.37 bits per heavy atom. The predicted octanol–water partition coefficient (Wildman–Crippen LogP) is 2.79. The van der Waals surface area contributed by atoms with Crippen LogP contribution in [0.3, 0.4) is 0 Å². The molecule has 27 heavy (non-hydrogen) atoms. The number of amides is 1. The number of pyridine rings is 1. The lowest BCUT2D eigenvalue weighted by Gasteiger charge is -2.32. The number of rotatable bonds is 4. The fourth-order valence-corrected chi connectivity index (χ4v) is 3.67. The third-order valence-electron chi connectivity index (χ3n) is 4.45. The van der Waals surface area contributed by atoms with Gasteiger partial charge in [0, 0.05) is 43.2 Å². The van der Waals surface area contributed by atoms with E-state index in [1.165, 1.54) is 11.3 Å². The Labute approximate surface area is 160 Å². The lowest BCUT2D eigenvalue weighted by molar-refractivity contribution is 0.0704. The smallest absolute Gasteiger partial charge is 0.255 e. The Balaban J connectivity index is 1.52. The van der Waals surface area contributed by atoms with E-state index in [2.05, 4.69) is 30.5 Å². The zero-order chi connectivity index (χ0) is 18.6. The Hall–Kier alpha value is -2.94. The first kappa shape index (κ1) is 17.5. The second-order valence-corrected chi connectivity index (χ2v) is 7.29. The van der Waals surface area contributed by atoms with Crippen molar-refractivity contribution in [1.82, 2.24) is 30.0 Å². The molecular formula is C18H19N7OS. The fourth-order valence-electron chi connectivity index (χ4n) is 3.22. The molecular weight excluding hydrogens is 362 g/mol. The molecule has 4 heterocycles. The molecule has 1 fully saturated rings. The van der Waals surface area contributed by atoms with Crippen molar-refractivity contribution >= 4 is 28.2 Å². The number of piperidine rings is 1. The maximum atomic E-state index is 12.7. The quantitative estimate of drug-likeness (QED) is 0.742. The van der Waals surface area contributed by atoms with Gasteiger partial charge in [0.1, 0.15) is 17.2 Å². The third-order valence-corrected chi connectivity index (χ3v) is 5.06. The van der Waals surface area contributed by atoms with Gasteiger partial charge in [-0.15, -0.1) is 10.2 Å². The lowest BCUT2D eigenvalue weighted by atomic mass is 9.96. The molecule has 0 aromatic carbocycles. The summed E-state index contributed by atoms with van der Waals surface area (Å²) in [5.74, 6) is 1.57. The van der Waals surface area contributed by atoms with E-state index in [-0.39, 0.29) is 11.8 Å². The molecule has 1 unspecified atom stereocenters. The van der Waals surface area contributed by atoms with Crippen LogP contribution in [0.1, 0.15) is 40.6 Å². The van der Waals surface area contributed by atoms with Crippen molar-refractivity contribution in [2.75, 3.05) is 18.4 Å². The molecule has 1 saturated heterocycles. The third kappa shape index (κ3) is 4.08. The highest BCUT2D eigenvalue weighted by atomic mass is 32.1. The first-order chi connectivity index (χ1) is 13.2. The summed E-state index contributed by atoms with van der Waals surface area (Å²) in [6, 6.07) is 5.46. The van der Waals surface area contributed by atoms with Gasteiger partial charge < -0.3 is 10.2 Å². The molecule has 138 valence electrons. The van der Waals surface area contributed by atoms with E-state index < -0.39 is 0 Å². The van der Waals surface area contributed by atoms with E-state index in [9.17, 15) is 4.79 Å². The van der Waals surface area contributed by atoms with Crippen LogP contribution in [0.4, 0.5) is 10.9 Å². The van der Waals surface area contributed by atoms with Gasteiger partial charge in [0.2, 0.25) is 5.13 Å². The second-order valence-electron chi connectivity index (χ2n) is 6.45. The summed E-state index contributed by atoms with van der Waals surface area (Å²) in [5, 5.41) is 11.7. The molecule has 1 N–H and O–H groups in total. The molecule has 1 aliphatic rings. The van der Waals surface area contributed by atoms with E-state index >= 15 is 0 Å². The number of likely N-dealkylation sites (tertiary alicyclic amines) is 1. The molecule has 1 amide bonds. The van der Waals surface area contributed by atoms with Crippen molar-refractivity contribution in [3.05, 3.63) is 53.2 Å². The van der Waals surface area contributed by atoms with Crippen LogP contribution in [0.25, 0.3) is 0 Å². The van der Waals surface area contributed by atoms with Crippen LogP contribution in [0.2, 0.25) is 0 Å². The van der Waals surface area contributed by atoms with Crippen LogP contribution in [-0.4, -0.2) is 49.0 Å². The first-order valence-electron chi connectivity index (χ1n) is 8.77. The molecule has 4 rings (SSSR count). The highest BCUT2D eigenvalue weighted by Crippen LogP contribution is 2.27. The Morgan fingerprint density at radius 3 is 3.07 bits per heavy atom. The number of aromatic nitrogens is 5. The van der Waals surface area contributed by atoms with Gasteiger partial charge >= 0.3 is 0 Å². The maximum absolute atomic E-state index is 12.7. The van der Waals surface area contributed by atoms with E-state index in [0.29, 0.717) is 23.1 Å². The van der Waals surface area contributed by atoms with Gasteiger partial charge in [0.15, 0.2) is 0 Å². The molecule has 0 radical (unpaired) electrons. The van der Waals surface area contributed by atoms with Crippen LogP contribution >= 0.6 is 11.3 Å². The Morgan fingerprint density at radius 2 is 2.30 bits per heavy atom. The van der Waals surface area contributed by atoms with Crippen molar-refractivity contribution in [3.8, 4) is 0 Å². The second kappa shape index (κ2) is 7.75. The van der Waals surface area contributed by atoms with Crippen LogP contribution in [-0.2, 0) is 0 Å². The minimum atomic E-state index is 0.00709. The minimum absolute atomic E-state index is 0.00709. The lowest BCUT2D eigenvalue weighted by Crippen LogP contribution is -2.39. The van der Waals surface area contributed by atoms with E-state index in [4.69, 9.17) is 0 Å². The number of anilines is 2. The number of aryl methyl sites for hydroxylation is 1. The Kier molecular flexibility index (Phi) is 5.01. The standard InChI is InChI=1S/C18H19N7OS/c1-12-8-15(23-18-24-20-11-27-18)22-16(21-12)14-5-3-7-25(10-14)17(26)13-4-2-6-19-9-13/h2,4,6,8-9,11,14H,3,5,7,10H2,1H3,(H,21,22,23,24). The molecule has 3 aromatic rings. The van der Waals surface area contributed by atoms with Gasteiger partial charge in [-0.3, -0.25) is 9.78 Å². The molecule has 1 atom stereocenters. The zero-order valence-corrected chi connectivity index (χ0v) is 15.7. The highest BCUT2D eigenvalue weighted by molar-refractivity contribution is 7.13. The summed E-state index contributed by atoms with van der Waals surface area (Å²) in [4.78, 5) is 27.9. The maximum Gasteiger partial charge on any atom is 0.255 e. The normalized spacial score (nSPS) is 16.9. The zero-order valence-electron chi connectivity index (χ0n) is 14.9. The summed E-state index contributed by atoms with van der Waals surface area (Å²) < 4.78 is 0. The number of carbonyl (C=O) groups is 1. The fraction of sp³-hybridized carbons (Fsp3) is 0.333. The van der Waals surface area contributed by atoms with Gasteiger partial charge in [-0.05, 0) is 31.9 Å². The summed E-state index contributed by atoms with van der Waals surface area (Å²) in [5.41, 5.74) is 3.16. The Bertz CT molecular complexity index is 917. The molecule has 0 aliphatic carbocycles. The first-order valence-corrected chi connectivity index (χ1v) is 9.65. The predicted molar refractivity (Wildman–Crippen MR) is 102 cm³/mol. The number of nitrogens with zero attached hydrogens (tertiary/aromatic N) is 6. The largest absolute Gasteiger partial charge is 0.338 e. The van der Waals surface area contributed by atoms with Gasteiger partial charge in [-0.25, -0.2) is 9.97 Å². The van der Waals surface area contributed by atoms with E-state index in [0.717, 1.165) is 30.9 Å². The average molecular weight is 381 g/mol. The summed E-state index contributed by atoms with van der Waals surface area (Å²) in [7, 11) is 0. The number of nitrogens with one attached hydrogen (secondary N) is 1. The van der Waals surface area contributed by atoms with Crippen LogP contribution < -0.4 is 5.32 Å². The van der Waals surface area contributed by atoms with Gasteiger partial charge in [-0.1, -0.05) is 11.3 Å². The van der Waals surface area contributed by atoms with E-state index in [1.54, 1.807) is 30.0 Å². The number of hydrogen-bond donors (Lipinski definition) is 1. The average Bonchev–Trinajstić information content (AvgIpc) is 3.21. The van der Waals surface area contributed by atoms with Crippen molar-refractivity contribution in [2.24, 2.45) is 0 Å². The van der Waals surface area contributed by atoms with Crippen molar-refractivity contribution in [2.45, 2.75) is 25.7 Å². The SMILES string of the molecule is Cc1cc(Nc2nncs2)nc(C2CCCN(C(=O)c3cccnc3)C2)n1. The van der Waals surface area contributed by atoms with Gasteiger partial charge in [-0.2, -0.15) is 0 Å². The van der Waals surface area contributed by atoms with E-state index in [1.807, 2.05) is 17.9 Å². The highest BCUT2D eigenvalue weighted by Gasteiger charge is 2.27. The molecule has 0 bridgehead atoms. The monoisotopic (exact) mass is 381 g/mol. The minimum Gasteiger partial charge on any atom is -0.338 e. The summed E-state index contributed by atoms with van der Waals surface area (Å²) in [6.45, 7) is 3.29. The van der Waals surface area contributed by atoms with Crippen LogP contribution in [0.5, 0.6) is 0 Å². The molecule has 0 saturated carbocycles.